The van der Waals surface area contributed by atoms with E-state index in [1.807, 2.05) is 24.3 Å². The number of amides is 2. The molecule has 1 aromatic heterocycles. The number of benzene rings is 1. The van der Waals surface area contributed by atoms with Gasteiger partial charge in [-0.05, 0) is 11.6 Å². The van der Waals surface area contributed by atoms with Gasteiger partial charge >= 0.3 is 11.9 Å². The van der Waals surface area contributed by atoms with Gasteiger partial charge in [-0.15, -0.1) is 0 Å². The predicted molar refractivity (Wildman–Crippen MR) is 104 cm³/mol. The first-order valence-electron chi connectivity index (χ1n) is 8.41. The van der Waals surface area contributed by atoms with Crippen molar-refractivity contribution in [2.75, 3.05) is 12.9 Å². The van der Waals surface area contributed by atoms with E-state index < -0.39 is 42.3 Å². The van der Waals surface area contributed by atoms with Crippen LogP contribution in [0.15, 0.2) is 30.5 Å². The number of hydrogen-bond donors (Lipinski definition) is 5. The van der Waals surface area contributed by atoms with Gasteiger partial charge in [-0.1, -0.05) is 18.2 Å². The first-order chi connectivity index (χ1) is 13.3. The monoisotopic (exact) mass is 407 g/mol. The molecule has 0 saturated carbocycles. The molecule has 2 atom stereocenters. The normalized spacial score (nSPS) is 12.8. The molecule has 2 amide bonds. The maximum Gasteiger partial charge on any atom is 0.328 e. The van der Waals surface area contributed by atoms with E-state index in [9.17, 15) is 19.2 Å². The molecule has 0 aliphatic carbocycles. The van der Waals surface area contributed by atoms with Crippen LogP contribution < -0.4 is 10.6 Å². The van der Waals surface area contributed by atoms with Crippen LogP contribution in [-0.4, -0.2) is 58.8 Å². The van der Waals surface area contributed by atoms with Crippen LogP contribution in [0, 0.1) is 0 Å². The molecule has 1 aromatic carbocycles. The third-order valence-electron chi connectivity index (χ3n) is 4.08. The van der Waals surface area contributed by atoms with Gasteiger partial charge in [0.15, 0.2) is 0 Å². The van der Waals surface area contributed by atoms with Gasteiger partial charge in [-0.2, -0.15) is 12.6 Å². The van der Waals surface area contributed by atoms with Crippen LogP contribution in [-0.2, 0) is 30.3 Å². The van der Waals surface area contributed by atoms with Gasteiger partial charge in [0.25, 0.3) is 0 Å². The summed E-state index contributed by atoms with van der Waals surface area (Å²) in [6.45, 7) is 0. The van der Waals surface area contributed by atoms with Crippen LogP contribution >= 0.6 is 12.6 Å². The molecule has 2 rings (SSSR count). The third kappa shape index (κ3) is 5.49. The van der Waals surface area contributed by atoms with Crippen molar-refractivity contribution in [2.24, 2.45) is 0 Å². The van der Waals surface area contributed by atoms with Crippen molar-refractivity contribution in [3.63, 3.8) is 0 Å². The quantitative estimate of drug-likeness (QED) is 0.299. The Morgan fingerprint density at radius 1 is 1.18 bits per heavy atom. The molecule has 0 aliphatic rings. The van der Waals surface area contributed by atoms with Crippen molar-refractivity contribution in [2.45, 2.75) is 24.9 Å². The van der Waals surface area contributed by atoms with Crippen LogP contribution in [0.2, 0.25) is 0 Å². The number of thiol groups is 1. The Morgan fingerprint density at radius 3 is 2.54 bits per heavy atom. The third-order valence-corrected chi connectivity index (χ3v) is 4.36. The van der Waals surface area contributed by atoms with E-state index in [4.69, 9.17) is 9.84 Å². The van der Waals surface area contributed by atoms with Crippen molar-refractivity contribution >= 4 is 47.3 Å². The Bertz CT molecular complexity index is 881. The summed E-state index contributed by atoms with van der Waals surface area (Å²) >= 11 is 3.79. The number of carboxylic acid groups (broad SMARTS) is 1. The second-order valence-electron chi connectivity index (χ2n) is 6.02. The van der Waals surface area contributed by atoms with E-state index >= 15 is 0 Å². The number of nitrogens with one attached hydrogen (secondary N) is 3. The van der Waals surface area contributed by atoms with Gasteiger partial charge in [0.1, 0.15) is 12.1 Å². The fraction of sp³-hybridized carbons (Fsp3) is 0.333. The molecule has 0 spiro atoms. The topological polar surface area (TPSA) is 138 Å². The van der Waals surface area contributed by atoms with E-state index in [2.05, 4.69) is 28.2 Å². The summed E-state index contributed by atoms with van der Waals surface area (Å²) in [5.74, 6) is -3.57. The zero-order chi connectivity index (χ0) is 20.7. The lowest BCUT2D eigenvalue weighted by atomic mass is 10.0. The van der Waals surface area contributed by atoms with Gasteiger partial charge in [0.05, 0.1) is 19.3 Å². The molecule has 10 heteroatoms. The minimum absolute atomic E-state index is 0.128. The molecule has 1 heterocycles. The average molecular weight is 407 g/mol. The highest BCUT2D eigenvalue weighted by Crippen LogP contribution is 2.19. The number of methoxy groups -OCH3 is 1. The van der Waals surface area contributed by atoms with Gasteiger partial charge in [0, 0.05) is 23.5 Å². The smallest absolute Gasteiger partial charge is 0.328 e. The molecule has 0 unspecified atom stereocenters. The first kappa shape index (κ1) is 21.3. The van der Waals surface area contributed by atoms with Crippen LogP contribution in [0.1, 0.15) is 12.0 Å². The van der Waals surface area contributed by atoms with Crippen LogP contribution in [0.5, 0.6) is 0 Å². The Labute approximate surface area is 166 Å². The number of carbonyl (C=O) groups excluding carboxylic acids is 3. The first-order valence-corrected chi connectivity index (χ1v) is 9.04. The van der Waals surface area contributed by atoms with Crippen LogP contribution in [0.4, 0.5) is 0 Å². The highest BCUT2D eigenvalue weighted by Gasteiger charge is 2.29. The van der Waals surface area contributed by atoms with E-state index in [0.717, 1.165) is 16.5 Å². The number of carboxylic acids is 1. The highest BCUT2D eigenvalue weighted by atomic mass is 32.1. The Kier molecular flexibility index (Phi) is 7.44. The van der Waals surface area contributed by atoms with Crippen LogP contribution in [0.25, 0.3) is 10.9 Å². The van der Waals surface area contributed by atoms with Gasteiger partial charge < -0.3 is 25.5 Å². The summed E-state index contributed by atoms with van der Waals surface area (Å²) in [6.07, 6.45) is 1.22. The summed E-state index contributed by atoms with van der Waals surface area (Å²) in [7, 11) is 1.19. The van der Waals surface area contributed by atoms with Crippen molar-refractivity contribution in [3.8, 4) is 0 Å². The number of H-pyrrole nitrogens is 1. The molecule has 28 heavy (non-hydrogen) atoms. The standard InChI is InChI=1S/C18H21N3O6S/c1-27-18(26)14(6-10-8-19-12-5-3-2-4-11(10)12)21-17(25)13(7-16(23)24)20-15(22)9-28/h2-5,8,13-14,19,28H,6-7,9H2,1H3,(H,20,22)(H,21,25)(H,23,24)/t13-,14-/m0/s1. The molecule has 0 saturated heterocycles. The number of aromatic nitrogens is 1. The number of rotatable bonds is 9. The number of carbonyl (C=O) groups is 4. The molecule has 0 bridgehead atoms. The zero-order valence-corrected chi connectivity index (χ0v) is 16.0. The summed E-state index contributed by atoms with van der Waals surface area (Å²) in [6, 6.07) is 5.07. The van der Waals surface area contributed by atoms with Crippen molar-refractivity contribution < 1.29 is 29.0 Å². The van der Waals surface area contributed by atoms with Crippen molar-refractivity contribution in [1.29, 1.82) is 0 Å². The zero-order valence-electron chi connectivity index (χ0n) is 15.1. The summed E-state index contributed by atoms with van der Waals surface area (Å²) < 4.78 is 4.76. The van der Waals surface area contributed by atoms with E-state index in [1.165, 1.54) is 7.11 Å². The number of ether oxygens (including phenoxy) is 1. The molecular formula is C18H21N3O6S. The largest absolute Gasteiger partial charge is 0.481 e. The maximum atomic E-state index is 12.5. The average Bonchev–Trinajstić information content (AvgIpc) is 3.08. The molecule has 4 N–H and O–H groups in total. The number of fused-ring (bicyclic) bond motifs is 1. The summed E-state index contributed by atoms with van der Waals surface area (Å²) in [4.78, 5) is 50.3. The van der Waals surface area contributed by atoms with E-state index in [-0.39, 0.29) is 12.2 Å². The lowest BCUT2D eigenvalue weighted by molar-refractivity contribution is -0.145. The number of aliphatic carboxylic acids is 1. The molecule has 0 fully saturated rings. The SMILES string of the molecule is COC(=O)[C@H](Cc1c[nH]c2ccccc12)NC(=O)[C@H](CC(=O)O)NC(=O)CS. The summed E-state index contributed by atoms with van der Waals surface area (Å²) in [5.41, 5.74) is 1.65. The number of para-hydroxylation sites is 1. The molecule has 150 valence electrons. The molecule has 0 radical (unpaired) electrons. The second-order valence-corrected chi connectivity index (χ2v) is 6.34. The molecule has 9 nitrogen and oxygen atoms in total. The minimum atomic E-state index is -1.34. The van der Waals surface area contributed by atoms with E-state index in [0.29, 0.717) is 0 Å². The highest BCUT2D eigenvalue weighted by molar-refractivity contribution is 7.81. The maximum absolute atomic E-state index is 12.5. The molecule has 2 aromatic rings. The van der Waals surface area contributed by atoms with Gasteiger partial charge in [-0.3, -0.25) is 14.4 Å². The number of aromatic amines is 1. The fourth-order valence-electron chi connectivity index (χ4n) is 2.75. The lowest BCUT2D eigenvalue weighted by Crippen LogP contribution is -2.53. The lowest BCUT2D eigenvalue weighted by Gasteiger charge is -2.21. The van der Waals surface area contributed by atoms with Gasteiger partial charge in [-0.25, -0.2) is 4.79 Å². The Hall–Kier alpha value is -3.01. The predicted octanol–water partition coefficient (Wildman–Crippen LogP) is 0.257. The van der Waals surface area contributed by atoms with Crippen LogP contribution in [0.3, 0.4) is 0 Å². The Morgan fingerprint density at radius 2 is 1.89 bits per heavy atom. The van der Waals surface area contributed by atoms with Crippen molar-refractivity contribution in [3.05, 3.63) is 36.0 Å². The van der Waals surface area contributed by atoms with Gasteiger partial charge in [0.2, 0.25) is 11.8 Å². The van der Waals surface area contributed by atoms with Crippen molar-refractivity contribution in [1.82, 2.24) is 15.6 Å². The minimum Gasteiger partial charge on any atom is -0.481 e. The molecule has 0 aliphatic heterocycles. The second kappa shape index (κ2) is 9.79. The number of esters is 1. The Balaban J connectivity index is 2.19. The van der Waals surface area contributed by atoms with E-state index in [1.54, 1.807) is 6.20 Å². The molecular weight excluding hydrogens is 386 g/mol. The number of hydrogen-bond acceptors (Lipinski definition) is 6. The summed E-state index contributed by atoms with van der Waals surface area (Å²) in [5, 5.41) is 14.6. The fourth-order valence-corrected chi connectivity index (χ4v) is 2.84.